The Morgan fingerprint density at radius 2 is 1.82 bits per heavy atom. The first-order valence-electron chi connectivity index (χ1n) is 4.09. The number of aliphatic hydroxyl groups is 1. The summed E-state index contributed by atoms with van der Waals surface area (Å²) >= 11 is 0. The van der Waals surface area contributed by atoms with Crippen LogP contribution in [-0.2, 0) is 4.57 Å². The molecule has 0 amide bonds. The fourth-order valence-corrected chi connectivity index (χ4v) is 2.66. The van der Waals surface area contributed by atoms with E-state index in [-0.39, 0.29) is 35.1 Å². The van der Waals surface area contributed by atoms with E-state index in [1.54, 1.807) is 0 Å². The molecule has 4 atom stereocenters. The predicted octanol–water partition coefficient (Wildman–Crippen LogP) is -1.42. The van der Waals surface area contributed by atoms with Gasteiger partial charge in [0.05, 0.1) is 0 Å². The average molecular weight is 322 g/mol. The molecule has 0 aromatic heterocycles. The van der Waals surface area contributed by atoms with Gasteiger partial charge in [0.2, 0.25) is 0 Å². The van der Waals surface area contributed by atoms with Crippen molar-refractivity contribution in [1.29, 1.82) is 0 Å². The summed E-state index contributed by atoms with van der Waals surface area (Å²) in [4.78, 5) is 19.4. The molecule has 0 aliphatic heterocycles. The van der Waals surface area contributed by atoms with E-state index in [4.69, 9.17) is 9.42 Å². The van der Waals surface area contributed by atoms with Crippen LogP contribution in [0.15, 0.2) is 24.3 Å². The van der Waals surface area contributed by atoms with Gasteiger partial charge in [0, 0.05) is 0 Å². The quantitative estimate of drug-likeness (QED) is 0.525. The van der Waals surface area contributed by atoms with Crippen LogP contribution in [0, 0.1) is 0 Å². The molecule has 0 saturated heterocycles. The molecule has 17 heavy (non-hydrogen) atoms. The molecule has 90 valence electrons. The maximum absolute atomic E-state index is 10.7. The zero-order valence-corrected chi connectivity index (χ0v) is 15.2. The average Bonchev–Trinajstić information content (AvgIpc) is 2.15. The van der Waals surface area contributed by atoms with E-state index >= 15 is 0 Å². The maximum atomic E-state index is 10.7. The number of aliphatic hydroxyl groups excluding tert-OH is 1. The summed E-state index contributed by atoms with van der Waals surface area (Å²) in [6, 6.07) is 5.82. The van der Waals surface area contributed by atoms with Gasteiger partial charge in [-0.2, -0.15) is 0 Å². The third kappa shape index (κ3) is 6.41. The van der Waals surface area contributed by atoms with E-state index in [1.807, 2.05) is 0 Å². The third-order valence-corrected chi connectivity index (χ3v) is 3.67. The van der Waals surface area contributed by atoms with Crippen LogP contribution in [0.3, 0.4) is 0 Å². The van der Waals surface area contributed by atoms with E-state index in [2.05, 4.69) is 17.9 Å². The monoisotopic (exact) mass is 322 g/mol. The molecule has 2 N–H and O–H groups in total. The minimum atomic E-state index is -4.76. The molecule has 0 fully saturated rings. The van der Waals surface area contributed by atoms with Crippen LogP contribution in [0.4, 0.5) is 0 Å². The van der Waals surface area contributed by atoms with Crippen molar-refractivity contribution in [1.82, 2.24) is 0 Å². The second-order valence-corrected chi connectivity index (χ2v) is 10.3. The van der Waals surface area contributed by atoms with Crippen molar-refractivity contribution in [2.45, 2.75) is 5.85 Å². The molecule has 0 aliphatic rings. The van der Waals surface area contributed by atoms with Crippen LogP contribution in [-0.4, -0.2) is 10.00 Å². The van der Waals surface area contributed by atoms with Crippen molar-refractivity contribution < 1.29 is 53.5 Å². The van der Waals surface area contributed by atoms with Crippen LogP contribution < -0.4 is 39.0 Å². The van der Waals surface area contributed by atoms with Gasteiger partial charge in [-0.15, -0.1) is 0 Å². The van der Waals surface area contributed by atoms with Crippen LogP contribution in [0.25, 0.3) is 0 Å². The molecule has 0 heterocycles. The van der Waals surface area contributed by atoms with Crippen LogP contribution in [0.2, 0.25) is 0 Å². The van der Waals surface area contributed by atoms with E-state index < -0.39 is 21.0 Å². The maximum Gasteiger partial charge on any atom is 1.00 e. The Bertz CT molecular complexity index is 392. The summed E-state index contributed by atoms with van der Waals surface area (Å²) in [7, 11) is -0.524. The Balaban J connectivity index is 0.00000256. The second-order valence-electron chi connectivity index (χ2n) is 2.96. The molecule has 5 nitrogen and oxygen atoms in total. The van der Waals surface area contributed by atoms with Gasteiger partial charge in [0.15, 0.2) is 7.60 Å². The fourth-order valence-electron chi connectivity index (χ4n) is 1.01. The molecule has 0 radical (unpaired) electrons. The Morgan fingerprint density at radius 1 is 1.35 bits per heavy atom. The fraction of sp³-hybridized carbons (Fsp3) is 0.143. The van der Waals surface area contributed by atoms with E-state index in [1.165, 1.54) is 24.3 Å². The number of hydrogen-bond acceptors (Lipinski definition) is 4. The first-order chi connectivity index (χ1) is 7.30. The number of rotatable bonds is 4. The molecule has 0 saturated carbocycles. The molecule has 1 aromatic rings. The van der Waals surface area contributed by atoms with Crippen LogP contribution in [0.1, 0.15) is 11.4 Å². The van der Waals surface area contributed by atoms with Crippen LogP contribution in [0.5, 0.6) is 5.75 Å². The smallest absolute Gasteiger partial charge is 0.777 e. The van der Waals surface area contributed by atoms with Crippen LogP contribution >= 0.6 is 33.0 Å². The molecule has 0 aliphatic carbocycles. The number of hydrogen-bond donors (Lipinski definition) is 2. The van der Waals surface area contributed by atoms with Gasteiger partial charge in [0.1, 0.15) is 19.1 Å². The topological polar surface area (TPSA) is 89.8 Å². The first-order valence-corrected chi connectivity index (χ1v) is 10.2. The SMILES string of the molecule is O=P([O-])(O)C(O)c1ccc(OP(P)P)cc1.[Na+]. The third-order valence-electron chi connectivity index (χ3n) is 1.70. The van der Waals surface area contributed by atoms with E-state index in [9.17, 15) is 14.6 Å². The van der Waals surface area contributed by atoms with Gasteiger partial charge in [-0.1, -0.05) is 30.0 Å². The summed E-state index contributed by atoms with van der Waals surface area (Å²) in [6.07, 6.45) is 0. The second kappa shape index (κ2) is 7.88. The van der Waals surface area contributed by atoms with Gasteiger partial charge in [-0.3, -0.25) is 0 Å². The van der Waals surface area contributed by atoms with Gasteiger partial charge < -0.3 is 24.0 Å². The summed E-state index contributed by atoms with van der Waals surface area (Å²) in [5.41, 5.74) is 0.102. The standard InChI is InChI=1S/C7H12O5P4.Na/c8-7(16(9,10)11)5-1-3-6(4-2-5)12-15(13)14;/h1-4,7-8H,13-14H2,(H2,9,10,11);/q;+1/p-1. The van der Waals surface area contributed by atoms with Gasteiger partial charge >= 0.3 is 29.6 Å². The van der Waals surface area contributed by atoms with Crippen molar-refractivity contribution in [3.63, 3.8) is 0 Å². The van der Waals surface area contributed by atoms with Crippen molar-refractivity contribution >= 4 is 33.0 Å². The first kappa shape index (κ1) is 18.4. The van der Waals surface area contributed by atoms with Crippen molar-refractivity contribution in [2.75, 3.05) is 0 Å². The zero-order valence-electron chi connectivity index (χ0n) is 9.06. The van der Waals surface area contributed by atoms with E-state index in [0.29, 0.717) is 5.75 Å². The normalized spacial score (nSPS) is 15.9. The largest absolute Gasteiger partial charge is 1.00 e. The van der Waals surface area contributed by atoms with Crippen molar-refractivity contribution in [2.24, 2.45) is 0 Å². The molecule has 1 rings (SSSR count). The zero-order chi connectivity index (χ0) is 12.3. The number of benzene rings is 1. The molecule has 0 spiro atoms. The molecular weight excluding hydrogens is 311 g/mol. The summed E-state index contributed by atoms with van der Waals surface area (Å²) in [5.74, 6) is -1.33. The Morgan fingerprint density at radius 3 is 2.18 bits per heavy atom. The molecule has 1 aromatic carbocycles. The van der Waals surface area contributed by atoms with E-state index in [0.717, 1.165) is 0 Å². The van der Waals surface area contributed by atoms with Crippen molar-refractivity contribution in [3.05, 3.63) is 29.8 Å². The molecular formula is C7H11NaO5P4. The Kier molecular flexibility index (Phi) is 8.53. The minimum absolute atomic E-state index is 0. The minimum Gasteiger partial charge on any atom is -0.777 e. The molecule has 10 heteroatoms. The summed E-state index contributed by atoms with van der Waals surface area (Å²) < 4.78 is 16.0. The van der Waals surface area contributed by atoms with Gasteiger partial charge in [-0.25, -0.2) is 0 Å². The predicted molar refractivity (Wildman–Crippen MR) is 68.2 cm³/mol. The summed E-state index contributed by atoms with van der Waals surface area (Å²) in [5, 5.41) is 9.26. The molecule has 0 bridgehead atoms. The van der Waals surface area contributed by atoms with Gasteiger partial charge in [-0.05, 0) is 17.7 Å². The Hall–Kier alpha value is 1.42. The van der Waals surface area contributed by atoms with Gasteiger partial charge in [0.25, 0.3) is 0 Å². The molecule has 4 unspecified atom stereocenters. The summed E-state index contributed by atoms with van der Waals surface area (Å²) in [6.45, 7) is 0. The Labute approximate surface area is 127 Å². The van der Waals surface area contributed by atoms with Crippen molar-refractivity contribution in [3.8, 4) is 5.75 Å².